The summed E-state index contributed by atoms with van der Waals surface area (Å²) in [6.07, 6.45) is 2.59. The molecule has 1 fully saturated rings. The van der Waals surface area contributed by atoms with Gasteiger partial charge in [-0.2, -0.15) is 0 Å². The van der Waals surface area contributed by atoms with Crippen LogP contribution < -0.4 is 11.1 Å². The predicted octanol–water partition coefficient (Wildman–Crippen LogP) is 1.67. The smallest absolute Gasteiger partial charge is 0.0897 e. The first-order valence-electron chi connectivity index (χ1n) is 5.48. The molecule has 1 aliphatic rings. The fourth-order valence-electron chi connectivity index (χ4n) is 1.84. The molecule has 0 radical (unpaired) electrons. The number of nitrogens with zero attached hydrogens (tertiary/aromatic N) is 1. The van der Waals surface area contributed by atoms with Crippen LogP contribution in [0.5, 0.6) is 0 Å². The van der Waals surface area contributed by atoms with Crippen molar-refractivity contribution in [2.24, 2.45) is 11.7 Å². The molecule has 0 aliphatic heterocycles. The van der Waals surface area contributed by atoms with E-state index in [2.05, 4.69) is 22.6 Å². The van der Waals surface area contributed by atoms with Crippen LogP contribution in [0.2, 0.25) is 0 Å². The van der Waals surface area contributed by atoms with Crippen LogP contribution in [0, 0.1) is 12.8 Å². The van der Waals surface area contributed by atoms with Crippen molar-refractivity contribution in [2.75, 3.05) is 6.54 Å². The maximum Gasteiger partial charge on any atom is 0.0897 e. The Bertz CT molecular complexity index is 328. The summed E-state index contributed by atoms with van der Waals surface area (Å²) in [5.41, 5.74) is 7.30. The van der Waals surface area contributed by atoms with Crippen molar-refractivity contribution in [3.63, 3.8) is 0 Å². The molecule has 1 saturated carbocycles. The molecule has 1 heterocycles. The number of aryl methyl sites for hydroxylation is 1. The Morgan fingerprint density at radius 2 is 2.40 bits per heavy atom. The lowest BCUT2D eigenvalue weighted by Gasteiger charge is -2.24. The highest BCUT2D eigenvalue weighted by Crippen LogP contribution is 2.37. The highest BCUT2D eigenvalue weighted by Gasteiger charge is 2.37. The van der Waals surface area contributed by atoms with Gasteiger partial charge < -0.3 is 11.1 Å². The molecule has 1 aliphatic carbocycles. The summed E-state index contributed by atoms with van der Waals surface area (Å²) in [6.45, 7) is 5.90. The van der Waals surface area contributed by atoms with E-state index in [1.54, 1.807) is 11.3 Å². The average molecular weight is 225 g/mol. The molecule has 84 valence electrons. The highest BCUT2D eigenvalue weighted by atomic mass is 32.1. The monoisotopic (exact) mass is 225 g/mol. The van der Waals surface area contributed by atoms with Crippen LogP contribution in [0.25, 0.3) is 0 Å². The second kappa shape index (κ2) is 4.20. The minimum Gasteiger partial charge on any atom is -0.324 e. The second-order valence-corrected chi connectivity index (χ2v) is 5.80. The summed E-state index contributed by atoms with van der Waals surface area (Å²) >= 11 is 1.70. The SMILES string of the molecule is Cc1nc(CNCC(C)(N)C2CC2)cs1. The van der Waals surface area contributed by atoms with Gasteiger partial charge in [0.25, 0.3) is 0 Å². The molecule has 4 heteroatoms. The zero-order chi connectivity index (χ0) is 10.9. The summed E-state index contributed by atoms with van der Waals surface area (Å²) in [5, 5.41) is 6.63. The molecule has 1 aromatic heterocycles. The van der Waals surface area contributed by atoms with E-state index in [0.717, 1.165) is 29.7 Å². The number of aromatic nitrogens is 1. The first kappa shape index (κ1) is 11.0. The largest absolute Gasteiger partial charge is 0.324 e. The molecule has 1 unspecified atom stereocenters. The zero-order valence-electron chi connectivity index (χ0n) is 9.42. The van der Waals surface area contributed by atoms with Crippen molar-refractivity contribution in [3.8, 4) is 0 Å². The number of nitrogens with one attached hydrogen (secondary N) is 1. The van der Waals surface area contributed by atoms with Crippen LogP contribution in [-0.2, 0) is 6.54 Å². The number of hydrogen-bond donors (Lipinski definition) is 2. The van der Waals surface area contributed by atoms with Gasteiger partial charge in [0.15, 0.2) is 0 Å². The molecule has 15 heavy (non-hydrogen) atoms. The van der Waals surface area contributed by atoms with E-state index < -0.39 is 0 Å². The molecular formula is C11H19N3S. The minimum absolute atomic E-state index is 0.0366. The van der Waals surface area contributed by atoms with Crippen LogP contribution >= 0.6 is 11.3 Å². The molecule has 0 spiro atoms. The third-order valence-electron chi connectivity index (χ3n) is 2.99. The summed E-state index contributed by atoms with van der Waals surface area (Å²) in [7, 11) is 0. The summed E-state index contributed by atoms with van der Waals surface area (Å²) in [6, 6.07) is 0. The summed E-state index contributed by atoms with van der Waals surface area (Å²) < 4.78 is 0. The van der Waals surface area contributed by atoms with E-state index in [1.807, 2.05) is 6.92 Å². The first-order valence-corrected chi connectivity index (χ1v) is 6.36. The van der Waals surface area contributed by atoms with E-state index in [-0.39, 0.29) is 5.54 Å². The third kappa shape index (κ3) is 3.00. The van der Waals surface area contributed by atoms with Gasteiger partial charge in [-0.3, -0.25) is 0 Å². The molecule has 3 nitrogen and oxygen atoms in total. The molecule has 0 bridgehead atoms. The molecule has 1 atom stereocenters. The van der Waals surface area contributed by atoms with Crippen molar-refractivity contribution in [3.05, 3.63) is 16.1 Å². The lowest BCUT2D eigenvalue weighted by molar-refractivity contribution is 0.379. The van der Waals surface area contributed by atoms with Crippen molar-refractivity contribution in [1.29, 1.82) is 0 Å². The Morgan fingerprint density at radius 1 is 1.67 bits per heavy atom. The second-order valence-electron chi connectivity index (χ2n) is 4.74. The van der Waals surface area contributed by atoms with E-state index in [9.17, 15) is 0 Å². The fourth-order valence-corrected chi connectivity index (χ4v) is 2.45. The lowest BCUT2D eigenvalue weighted by Crippen LogP contribution is -2.47. The highest BCUT2D eigenvalue weighted by molar-refractivity contribution is 7.09. The average Bonchev–Trinajstić information content (AvgIpc) is 2.92. The number of thiazole rings is 1. The summed E-state index contributed by atoms with van der Waals surface area (Å²) in [5.74, 6) is 0.724. The van der Waals surface area contributed by atoms with Gasteiger partial charge in [-0.05, 0) is 32.6 Å². The molecule has 1 aromatic rings. The van der Waals surface area contributed by atoms with Gasteiger partial charge in [0.1, 0.15) is 0 Å². The van der Waals surface area contributed by atoms with Gasteiger partial charge in [-0.1, -0.05) is 0 Å². The molecule has 0 saturated heterocycles. The lowest BCUT2D eigenvalue weighted by atomic mass is 9.97. The number of nitrogens with two attached hydrogens (primary N) is 1. The van der Waals surface area contributed by atoms with Crippen LogP contribution in [-0.4, -0.2) is 17.1 Å². The zero-order valence-corrected chi connectivity index (χ0v) is 10.2. The fraction of sp³-hybridized carbons (Fsp3) is 0.727. The van der Waals surface area contributed by atoms with Crippen LogP contribution in [0.15, 0.2) is 5.38 Å². The Balaban J connectivity index is 1.74. The summed E-state index contributed by atoms with van der Waals surface area (Å²) in [4.78, 5) is 4.41. The Kier molecular flexibility index (Phi) is 3.09. The van der Waals surface area contributed by atoms with Crippen LogP contribution in [0.4, 0.5) is 0 Å². The van der Waals surface area contributed by atoms with Crippen molar-refractivity contribution in [2.45, 2.75) is 38.8 Å². The van der Waals surface area contributed by atoms with Crippen LogP contribution in [0.1, 0.15) is 30.5 Å². The molecule has 0 amide bonds. The van der Waals surface area contributed by atoms with Gasteiger partial charge in [0.05, 0.1) is 10.7 Å². The van der Waals surface area contributed by atoms with Gasteiger partial charge in [-0.25, -0.2) is 4.98 Å². The van der Waals surface area contributed by atoms with Gasteiger partial charge >= 0.3 is 0 Å². The van der Waals surface area contributed by atoms with Crippen molar-refractivity contribution < 1.29 is 0 Å². The quantitative estimate of drug-likeness (QED) is 0.801. The first-order chi connectivity index (χ1) is 7.08. The van der Waals surface area contributed by atoms with E-state index in [1.165, 1.54) is 12.8 Å². The normalized spacial score (nSPS) is 20.2. The molecular weight excluding hydrogens is 206 g/mol. The third-order valence-corrected chi connectivity index (χ3v) is 3.81. The van der Waals surface area contributed by atoms with E-state index in [0.29, 0.717) is 0 Å². The van der Waals surface area contributed by atoms with E-state index in [4.69, 9.17) is 5.73 Å². The maximum absolute atomic E-state index is 6.21. The molecule has 3 N–H and O–H groups in total. The number of hydrogen-bond acceptors (Lipinski definition) is 4. The Hall–Kier alpha value is -0.450. The minimum atomic E-state index is -0.0366. The topological polar surface area (TPSA) is 50.9 Å². The van der Waals surface area contributed by atoms with Crippen molar-refractivity contribution in [1.82, 2.24) is 10.3 Å². The van der Waals surface area contributed by atoms with Gasteiger partial charge in [-0.15, -0.1) is 11.3 Å². The van der Waals surface area contributed by atoms with Gasteiger partial charge in [0.2, 0.25) is 0 Å². The van der Waals surface area contributed by atoms with E-state index >= 15 is 0 Å². The maximum atomic E-state index is 6.21. The molecule has 0 aromatic carbocycles. The standard InChI is InChI=1S/C11H19N3S/c1-8-14-10(6-15-8)5-13-7-11(2,12)9-3-4-9/h6,9,13H,3-5,7,12H2,1-2H3. The predicted molar refractivity (Wildman–Crippen MR) is 63.9 cm³/mol. The van der Waals surface area contributed by atoms with Crippen LogP contribution in [0.3, 0.4) is 0 Å². The number of rotatable bonds is 5. The van der Waals surface area contributed by atoms with Crippen molar-refractivity contribution >= 4 is 11.3 Å². The Morgan fingerprint density at radius 3 is 2.93 bits per heavy atom. The van der Waals surface area contributed by atoms with Gasteiger partial charge in [0, 0.05) is 24.0 Å². The Labute approximate surface area is 95.1 Å². The molecule has 2 rings (SSSR count).